The molecule has 1 aromatic carbocycles. The van der Waals surface area contributed by atoms with Gasteiger partial charge in [0.25, 0.3) is 0 Å². The van der Waals surface area contributed by atoms with E-state index < -0.39 is 0 Å². The Balaban J connectivity index is 2.43. The number of aromatic nitrogens is 1. The van der Waals surface area contributed by atoms with E-state index in [9.17, 15) is 0 Å². The second-order valence-corrected chi connectivity index (χ2v) is 4.53. The molecule has 4 nitrogen and oxygen atoms in total. The van der Waals surface area contributed by atoms with Crippen LogP contribution in [-0.2, 0) is 0 Å². The highest BCUT2D eigenvalue weighted by atomic mass is 32.1. The quantitative estimate of drug-likeness (QED) is 0.839. The van der Waals surface area contributed by atoms with E-state index in [2.05, 4.69) is 10.3 Å². The molecule has 2 aromatic rings. The number of benzene rings is 1. The van der Waals surface area contributed by atoms with Crippen molar-refractivity contribution in [2.24, 2.45) is 5.73 Å². The number of nitrogens with zero attached hydrogens (tertiary/aromatic N) is 1. The first-order valence-corrected chi connectivity index (χ1v) is 6.18. The van der Waals surface area contributed by atoms with Crippen molar-refractivity contribution < 1.29 is 4.74 Å². The van der Waals surface area contributed by atoms with E-state index in [0.29, 0.717) is 4.99 Å². The molecule has 0 saturated carbocycles. The SMILES string of the molecule is COc1ccc(C(N)=S)c(Nc2cnccc2C)c1. The summed E-state index contributed by atoms with van der Waals surface area (Å²) in [4.78, 5) is 4.44. The van der Waals surface area contributed by atoms with Crippen LogP contribution in [0, 0.1) is 6.92 Å². The summed E-state index contributed by atoms with van der Waals surface area (Å²) in [7, 11) is 1.62. The highest BCUT2D eigenvalue weighted by molar-refractivity contribution is 7.80. The molecule has 0 aliphatic rings. The van der Waals surface area contributed by atoms with E-state index in [-0.39, 0.29) is 0 Å². The molecule has 0 radical (unpaired) electrons. The van der Waals surface area contributed by atoms with Gasteiger partial charge in [-0.05, 0) is 30.7 Å². The van der Waals surface area contributed by atoms with Crippen molar-refractivity contribution in [3.05, 3.63) is 47.8 Å². The van der Waals surface area contributed by atoms with Crippen LogP contribution in [0.1, 0.15) is 11.1 Å². The molecule has 5 heteroatoms. The molecule has 0 spiro atoms. The Labute approximate surface area is 117 Å². The third-order valence-corrected chi connectivity index (χ3v) is 3.02. The Hall–Kier alpha value is -2.14. The van der Waals surface area contributed by atoms with Gasteiger partial charge < -0.3 is 15.8 Å². The average Bonchev–Trinajstić information content (AvgIpc) is 2.41. The van der Waals surface area contributed by atoms with Crippen LogP contribution < -0.4 is 15.8 Å². The van der Waals surface area contributed by atoms with Gasteiger partial charge in [-0.1, -0.05) is 12.2 Å². The third kappa shape index (κ3) is 3.00. The number of nitrogens with two attached hydrogens (primary N) is 1. The maximum atomic E-state index is 5.73. The van der Waals surface area contributed by atoms with Crippen LogP contribution in [0.5, 0.6) is 5.75 Å². The molecule has 1 heterocycles. The van der Waals surface area contributed by atoms with Gasteiger partial charge in [0.2, 0.25) is 0 Å². The van der Waals surface area contributed by atoms with Crippen LogP contribution >= 0.6 is 12.2 Å². The zero-order chi connectivity index (χ0) is 13.8. The van der Waals surface area contributed by atoms with Gasteiger partial charge in [-0.15, -0.1) is 0 Å². The fourth-order valence-electron chi connectivity index (χ4n) is 1.71. The number of hydrogen-bond acceptors (Lipinski definition) is 4. The minimum Gasteiger partial charge on any atom is -0.497 e. The zero-order valence-electron chi connectivity index (χ0n) is 10.8. The molecule has 0 amide bonds. The first-order chi connectivity index (χ1) is 9.11. The van der Waals surface area contributed by atoms with E-state index in [4.69, 9.17) is 22.7 Å². The van der Waals surface area contributed by atoms with E-state index in [1.54, 1.807) is 19.5 Å². The molecule has 19 heavy (non-hydrogen) atoms. The highest BCUT2D eigenvalue weighted by Crippen LogP contribution is 2.27. The van der Waals surface area contributed by atoms with Crippen molar-refractivity contribution in [1.82, 2.24) is 4.98 Å². The van der Waals surface area contributed by atoms with Crippen LogP contribution in [0.15, 0.2) is 36.7 Å². The van der Waals surface area contributed by atoms with E-state index in [1.807, 2.05) is 31.2 Å². The fourth-order valence-corrected chi connectivity index (χ4v) is 1.89. The normalized spacial score (nSPS) is 10.0. The summed E-state index contributed by atoms with van der Waals surface area (Å²) < 4.78 is 5.22. The van der Waals surface area contributed by atoms with Gasteiger partial charge in [0.1, 0.15) is 10.7 Å². The molecule has 0 atom stereocenters. The van der Waals surface area contributed by atoms with Crippen molar-refractivity contribution in [3.8, 4) is 5.75 Å². The van der Waals surface area contributed by atoms with Crippen LogP contribution in [0.3, 0.4) is 0 Å². The maximum absolute atomic E-state index is 5.73. The Morgan fingerprint density at radius 1 is 1.32 bits per heavy atom. The number of hydrogen-bond donors (Lipinski definition) is 2. The number of rotatable bonds is 4. The monoisotopic (exact) mass is 273 g/mol. The van der Waals surface area contributed by atoms with Crippen LogP contribution in [0.4, 0.5) is 11.4 Å². The minimum atomic E-state index is 0.340. The number of methoxy groups -OCH3 is 1. The third-order valence-electron chi connectivity index (χ3n) is 2.80. The number of aryl methyl sites for hydroxylation is 1. The Morgan fingerprint density at radius 3 is 2.74 bits per heavy atom. The number of nitrogens with one attached hydrogen (secondary N) is 1. The summed E-state index contributed by atoms with van der Waals surface area (Å²) in [6.07, 6.45) is 3.51. The summed E-state index contributed by atoms with van der Waals surface area (Å²) in [6.45, 7) is 2.00. The van der Waals surface area contributed by atoms with Gasteiger partial charge in [0.15, 0.2) is 0 Å². The molecule has 0 saturated heterocycles. The van der Waals surface area contributed by atoms with Gasteiger partial charge >= 0.3 is 0 Å². The number of thiocarbonyl (C=S) groups is 1. The fraction of sp³-hybridized carbons (Fsp3) is 0.143. The van der Waals surface area contributed by atoms with Gasteiger partial charge in [-0.2, -0.15) is 0 Å². The minimum absolute atomic E-state index is 0.340. The second kappa shape index (κ2) is 5.67. The van der Waals surface area contributed by atoms with E-state index in [1.165, 1.54) is 0 Å². The van der Waals surface area contributed by atoms with Crippen LogP contribution in [-0.4, -0.2) is 17.1 Å². The Bertz CT molecular complexity index is 613. The summed E-state index contributed by atoms with van der Waals surface area (Å²) in [6, 6.07) is 7.47. The van der Waals surface area contributed by atoms with E-state index >= 15 is 0 Å². The molecule has 0 unspecified atom stereocenters. The zero-order valence-corrected chi connectivity index (χ0v) is 11.6. The lowest BCUT2D eigenvalue weighted by molar-refractivity contribution is 0.415. The van der Waals surface area contributed by atoms with Gasteiger partial charge in [-0.3, -0.25) is 4.98 Å². The molecule has 0 aliphatic carbocycles. The molecular formula is C14H15N3OS. The summed E-state index contributed by atoms with van der Waals surface area (Å²) in [5, 5.41) is 3.29. The summed E-state index contributed by atoms with van der Waals surface area (Å²) in [5.74, 6) is 0.740. The number of pyridine rings is 1. The Kier molecular flexibility index (Phi) is 3.97. The van der Waals surface area contributed by atoms with Crippen molar-refractivity contribution in [1.29, 1.82) is 0 Å². The standard InChI is InChI=1S/C14H15N3OS/c1-9-5-6-16-8-13(9)17-12-7-10(18-2)3-4-11(12)14(15)19/h3-8,17H,1-2H3,(H2,15,19). The molecule has 1 aromatic heterocycles. The average molecular weight is 273 g/mol. The molecule has 98 valence electrons. The molecule has 2 rings (SSSR count). The topological polar surface area (TPSA) is 60.2 Å². The molecule has 0 fully saturated rings. The predicted molar refractivity (Wildman–Crippen MR) is 81.1 cm³/mol. The van der Waals surface area contributed by atoms with Crippen molar-refractivity contribution in [2.45, 2.75) is 6.92 Å². The predicted octanol–water partition coefficient (Wildman–Crippen LogP) is 2.78. The molecule has 3 N–H and O–H groups in total. The maximum Gasteiger partial charge on any atom is 0.120 e. The summed E-state index contributed by atoms with van der Waals surface area (Å²) >= 11 is 5.06. The molecule has 0 bridgehead atoms. The van der Waals surface area contributed by atoms with Crippen molar-refractivity contribution in [3.63, 3.8) is 0 Å². The van der Waals surface area contributed by atoms with Gasteiger partial charge in [-0.25, -0.2) is 0 Å². The lowest BCUT2D eigenvalue weighted by atomic mass is 10.1. The van der Waals surface area contributed by atoms with Crippen molar-refractivity contribution >= 4 is 28.6 Å². The Morgan fingerprint density at radius 2 is 2.11 bits per heavy atom. The summed E-state index contributed by atoms with van der Waals surface area (Å²) in [5.41, 5.74) is 9.32. The first kappa shape index (κ1) is 13.3. The van der Waals surface area contributed by atoms with Gasteiger partial charge in [0.05, 0.1) is 24.7 Å². The van der Waals surface area contributed by atoms with E-state index in [0.717, 1.165) is 28.3 Å². The largest absolute Gasteiger partial charge is 0.497 e. The van der Waals surface area contributed by atoms with Crippen LogP contribution in [0.25, 0.3) is 0 Å². The molecule has 0 aliphatic heterocycles. The smallest absolute Gasteiger partial charge is 0.120 e. The number of anilines is 2. The lowest BCUT2D eigenvalue weighted by Crippen LogP contribution is -2.12. The van der Waals surface area contributed by atoms with Crippen LogP contribution in [0.2, 0.25) is 0 Å². The van der Waals surface area contributed by atoms with Crippen molar-refractivity contribution in [2.75, 3.05) is 12.4 Å². The highest BCUT2D eigenvalue weighted by Gasteiger charge is 2.08. The number of ether oxygens (including phenoxy) is 1. The molecular weight excluding hydrogens is 258 g/mol. The first-order valence-electron chi connectivity index (χ1n) is 5.77. The van der Waals surface area contributed by atoms with Gasteiger partial charge in [0, 0.05) is 17.8 Å². The second-order valence-electron chi connectivity index (χ2n) is 4.09. The lowest BCUT2D eigenvalue weighted by Gasteiger charge is -2.14.